The van der Waals surface area contributed by atoms with Gasteiger partial charge in [-0.25, -0.2) is 13.1 Å². The van der Waals surface area contributed by atoms with Gasteiger partial charge in [-0.15, -0.1) is 0 Å². The van der Waals surface area contributed by atoms with Gasteiger partial charge >= 0.3 is 0 Å². The summed E-state index contributed by atoms with van der Waals surface area (Å²) in [6, 6.07) is 11.2. The quantitative estimate of drug-likeness (QED) is 0.414. The van der Waals surface area contributed by atoms with Gasteiger partial charge in [-0.3, -0.25) is 9.69 Å². The Labute approximate surface area is 302 Å². The number of carbonyl (C=O) groups excluding carboxylic acids is 1. The molecule has 12 heteroatoms. The van der Waals surface area contributed by atoms with E-state index in [9.17, 15) is 18.3 Å². The first kappa shape index (κ1) is 37.4. The summed E-state index contributed by atoms with van der Waals surface area (Å²) in [5.74, 6) is 0.727. The third-order valence-corrected chi connectivity index (χ3v) is 14.2. The number of nitrogens with zero attached hydrogens (tertiary/aromatic N) is 2. The van der Waals surface area contributed by atoms with E-state index in [2.05, 4.69) is 9.62 Å². The van der Waals surface area contributed by atoms with E-state index >= 15 is 0 Å². The van der Waals surface area contributed by atoms with Crippen LogP contribution in [0.2, 0.25) is 5.02 Å². The first-order chi connectivity index (χ1) is 23.9. The van der Waals surface area contributed by atoms with Gasteiger partial charge in [-0.2, -0.15) is 0 Å². The van der Waals surface area contributed by atoms with Crippen LogP contribution in [0.3, 0.4) is 0 Å². The van der Waals surface area contributed by atoms with E-state index in [1.807, 2.05) is 44.1 Å². The third kappa shape index (κ3) is 7.98. The van der Waals surface area contributed by atoms with Crippen LogP contribution < -0.4 is 14.4 Å². The topological polar surface area (TPSA) is 118 Å². The van der Waals surface area contributed by atoms with E-state index in [0.29, 0.717) is 48.8 Å². The minimum atomic E-state index is -3.94. The van der Waals surface area contributed by atoms with Crippen molar-refractivity contribution < 1.29 is 32.5 Å². The zero-order valence-electron chi connectivity index (χ0n) is 29.9. The van der Waals surface area contributed by atoms with Crippen LogP contribution in [0.4, 0.5) is 5.69 Å². The lowest BCUT2D eigenvalue weighted by Gasteiger charge is -2.50. The molecular weight excluding hydrogens is 678 g/mol. The molecule has 50 heavy (non-hydrogen) atoms. The Morgan fingerprint density at radius 3 is 2.46 bits per heavy atom. The zero-order chi connectivity index (χ0) is 35.6. The van der Waals surface area contributed by atoms with Crippen molar-refractivity contribution in [3.8, 4) is 5.75 Å². The Morgan fingerprint density at radius 1 is 0.980 bits per heavy atom. The minimum Gasteiger partial charge on any atom is -0.487 e. The van der Waals surface area contributed by atoms with Crippen molar-refractivity contribution in [1.82, 2.24) is 9.62 Å². The molecule has 1 amide bonds. The molecule has 0 radical (unpaired) electrons. The van der Waals surface area contributed by atoms with Crippen LogP contribution in [0, 0.1) is 23.7 Å². The number of halogens is 1. The molecule has 2 fully saturated rings. The Hall–Kier alpha value is -2.41. The highest BCUT2D eigenvalue weighted by Crippen LogP contribution is 2.47. The lowest BCUT2D eigenvalue weighted by atomic mass is 9.65. The summed E-state index contributed by atoms with van der Waals surface area (Å²) < 4.78 is 48.8. The molecule has 2 bridgehead atoms. The average Bonchev–Trinajstić information content (AvgIpc) is 3.11. The van der Waals surface area contributed by atoms with Gasteiger partial charge in [-0.1, -0.05) is 31.0 Å². The summed E-state index contributed by atoms with van der Waals surface area (Å²) in [7, 11) is -0.0603. The highest BCUT2D eigenvalue weighted by Gasteiger charge is 2.46. The first-order valence-electron chi connectivity index (χ1n) is 18.3. The summed E-state index contributed by atoms with van der Waals surface area (Å²) in [5, 5.41) is 10.2. The maximum Gasteiger partial charge on any atom is 0.264 e. The van der Waals surface area contributed by atoms with Crippen molar-refractivity contribution >= 4 is 33.2 Å². The van der Waals surface area contributed by atoms with Crippen LogP contribution in [0.1, 0.15) is 80.3 Å². The van der Waals surface area contributed by atoms with Crippen LogP contribution in [0.15, 0.2) is 36.4 Å². The summed E-state index contributed by atoms with van der Waals surface area (Å²) in [6.45, 7) is 6.23. The molecule has 3 heterocycles. The van der Waals surface area contributed by atoms with Crippen molar-refractivity contribution in [2.45, 2.75) is 88.9 Å². The van der Waals surface area contributed by atoms with Crippen LogP contribution in [-0.4, -0.2) is 88.4 Å². The summed E-state index contributed by atoms with van der Waals surface area (Å²) >= 11 is 6.38. The molecule has 0 spiro atoms. The predicted octanol–water partition coefficient (Wildman–Crippen LogP) is 5.64. The van der Waals surface area contributed by atoms with Crippen molar-refractivity contribution in [3.63, 3.8) is 0 Å². The molecule has 1 saturated carbocycles. The molecule has 5 atom stereocenters. The number of aliphatic hydroxyl groups excluding tert-OH is 1. The van der Waals surface area contributed by atoms with Gasteiger partial charge in [-0.05, 0) is 125 Å². The van der Waals surface area contributed by atoms with E-state index in [1.54, 1.807) is 25.1 Å². The Kier molecular flexibility index (Phi) is 11.7. The number of hydrogen-bond acceptors (Lipinski definition) is 9. The fourth-order valence-electron chi connectivity index (χ4n) is 8.10. The number of aliphatic hydroxyl groups is 1. The summed E-state index contributed by atoms with van der Waals surface area (Å²) in [5.41, 5.74) is 2.76. The molecular formula is C38H54ClN3O7S. The summed E-state index contributed by atoms with van der Waals surface area (Å²) in [6.07, 6.45) is 6.88. The Morgan fingerprint density at radius 2 is 1.76 bits per heavy atom. The number of anilines is 1. The minimum absolute atomic E-state index is 0.0552. The maximum atomic E-state index is 13.5. The second-order valence-electron chi connectivity index (χ2n) is 15.3. The number of ether oxygens (including phenoxy) is 3. The van der Waals surface area contributed by atoms with Gasteiger partial charge in [0.15, 0.2) is 6.29 Å². The first-order valence-corrected chi connectivity index (χ1v) is 20.2. The maximum absolute atomic E-state index is 13.5. The van der Waals surface area contributed by atoms with E-state index in [-0.39, 0.29) is 24.0 Å². The molecule has 0 unspecified atom stereocenters. The number of likely N-dealkylation sites (N-methyl/N-ethyl adjacent to an activating group) is 1. The number of amides is 1. The van der Waals surface area contributed by atoms with Gasteiger partial charge in [0, 0.05) is 29.6 Å². The SMILES string of the molecule is C[C@@H]1[C@@H](C)CCC[C@H]([C@H]2OC[C@@](CO)(N(C)C)CO2)[C@@H]2CC[C@H]2CN2CCCCc3cc(Cl)ccc3COc3ccc(cc32)C(=O)NS1(=O)=O. The average molecular weight is 732 g/mol. The van der Waals surface area contributed by atoms with Crippen molar-refractivity contribution in [3.05, 3.63) is 58.1 Å². The van der Waals surface area contributed by atoms with Crippen LogP contribution >= 0.6 is 11.6 Å². The highest BCUT2D eigenvalue weighted by molar-refractivity contribution is 7.90. The number of hydrogen-bond donors (Lipinski definition) is 2. The fraction of sp³-hybridized carbons (Fsp3) is 0.658. The van der Waals surface area contributed by atoms with E-state index in [0.717, 1.165) is 69.3 Å². The number of rotatable bonds is 3. The largest absolute Gasteiger partial charge is 0.487 e. The third-order valence-electron chi connectivity index (χ3n) is 12.1. The number of nitrogens with one attached hydrogen (secondary N) is 1. The molecule has 1 saturated heterocycles. The molecule has 2 aromatic carbocycles. The lowest BCUT2D eigenvalue weighted by molar-refractivity contribution is -0.267. The van der Waals surface area contributed by atoms with E-state index in [1.165, 1.54) is 5.56 Å². The van der Waals surface area contributed by atoms with E-state index < -0.39 is 33.0 Å². The Balaban J connectivity index is 1.34. The van der Waals surface area contributed by atoms with Gasteiger partial charge in [0.2, 0.25) is 10.0 Å². The Bertz CT molecular complexity index is 1610. The van der Waals surface area contributed by atoms with Crippen molar-refractivity contribution in [1.29, 1.82) is 0 Å². The van der Waals surface area contributed by atoms with Crippen molar-refractivity contribution in [2.24, 2.45) is 23.7 Å². The number of fused-ring (bicyclic) bond motifs is 3. The van der Waals surface area contributed by atoms with Gasteiger partial charge in [0.25, 0.3) is 5.91 Å². The smallest absolute Gasteiger partial charge is 0.264 e. The van der Waals surface area contributed by atoms with Crippen molar-refractivity contribution in [2.75, 3.05) is 51.9 Å². The number of sulfonamides is 1. The van der Waals surface area contributed by atoms with Gasteiger partial charge < -0.3 is 24.2 Å². The molecule has 3 aliphatic heterocycles. The molecule has 0 aromatic heterocycles. The van der Waals surface area contributed by atoms with Crippen LogP contribution in [-0.2, 0) is 32.5 Å². The van der Waals surface area contributed by atoms with Crippen LogP contribution in [0.5, 0.6) is 5.75 Å². The number of carbonyl (C=O) groups is 1. The summed E-state index contributed by atoms with van der Waals surface area (Å²) in [4.78, 5) is 17.9. The molecule has 1 aliphatic carbocycles. The molecule has 2 N–H and O–H groups in total. The fourth-order valence-corrected chi connectivity index (χ4v) is 9.60. The zero-order valence-corrected chi connectivity index (χ0v) is 31.5. The monoisotopic (exact) mass is 731 g/mol. The molecule has 2 aromatic rings. The second kappa shape index (κ2) is 15.7. The number of benzene rings is 2. The molecule has 276 valence electrons. The predicted molar refractivity (Wildman–Crippen MR) is 195 cm³/mol. The normalized spacial score (nSPS) is 32.4. The highest BCUT2D eigenvalue weighted by atomic mass is 35.5. The van der Waals surface area contributed by atoms with E-state index in [4.69, 9.17) is 25.8 Å². The van der Waals surface area contributed by atoms with Gasteiger partial charge in [0.1, 0.15) is 12.4 Å². The number of aryl methyl sites for hydroxylation is 1. The standard InChI is InChI=1S/C38H54ClN3O7S/c1-25-8-7-10-33(37-48-23-38(22-43,24-49-37)41(3)4)32-15-12-29(32)20-42-17-6-5-9-27-18-31(39)14-11-30(27)21-47-35-16-13-28(19-34(35)42)36(44)40-50(45,46)26(25)2/h11,13-14,16,18-19,25-26,29,32-33,37,43H,5-10,12,15,17,20-24H2,1-4H3,(H,40,44)/t25-,26+,29-,32+,33-,37-,38+/m0/s1. The molecule has 6 rings (SSSR count). The molecule has 10 nitrogen and oxygen atoms in total. The van der Waals surface area contributed by atoms with Gasteiger partial charge in [0.05, 0.1) is 36.3 Å². The second-order valence-corrected chi connectivity index (χ2v) is 17.8. The lowest BCUT2D eigenvalue weighted by Crippen LogP contribution is -2.60. The van der Waals surface area contributed by atoms with Crippen LogP contribution in [0.25, 0.3) is 0 Å². The molecule has 4 aliphatic rings.